The van der Waals surface area contributed by atoms with Crippen molar-refractivity contribution >= 4 is 28.6 Å². The highest BCUT2D eigenvalue weighted by molar-refractivity contribution is 6.00. The van der Waals surface area contributed by atoms with E-state index in [0.717, 1.165) is 28.5 Å². The second-order valence-electron chi connectivity index (χ2n) is 11.1. The number of hydrogen-bond acceptors (Lipinski definition) is 6. The molecule has 10 nitrogen and oxygen atoms in total. The number of methoxy groups -OCH3 is 1. The summed E-state index contributed by atoms with van der Waals surface area (Å²) in [5.74, 6) is 0.118. The molecule has 0 spiro atoms. The summed E-state index contributed by atoms with van der Waals surface area (Å²) < 4.78 is 5.43. The van der Waals surface area contributed by atoms with Gasteiger partial charge in [-0.25, -0.2) is 9.97 Å². The summed E-state index contributed by atoms with van der Waals surface area (Å²) in [6, 6.07) is 16.2. The Kier molecular flexibility index (Phi) is 7.36. The average Bonchev–Trinajstić information content (AvgIpc) is 3.77. The fourth-order valence-electron chi connectivity index (χ4n) is 6.05. The van der Waals surface area contributed by atoms with Gasteiger partial charge in [-0.2, -0.15) is 0 Å². The number of likely N-dealkylation sites (tertiary alicyclic amines) is 2. The number of piperazine rings is 1. The zero-order valence-corrected chi connectivity index (χ0v) is 23.9. The predicted octanol–water partition coefficient (Wildman–Crippen LogP) is 3.90. The number of H-pyrrole nitrogens is 1. The summed E-state index contributed by atoms with van der Waals surface area (Å²) in [7, 11) is 1.61. The van der Waals surface area contributed by atoms with Crippen molar-refractivity contribution in [3.63, 3.8) is 0 Å². The quantitative estimate of drug-likeness (QED) is 0.334. The zero-order chi connectivity index (χ0) is 29.4. The molecule has 2 fully saturated rings. The highest BCUT2D eigenvalue weighted by Gasteiger charge is 2.49. The number of carbonyl (C=O) groups is 3. The first-order valence-electron chi connectivity index (χ1n) is 14.3. The number of nitrogens with zero attached hydrogens (tertiary/aromatic N) is 4. The molecule has 2 N–H and O–H groups in total. The van der Waals surface area contributed by atoms with Crippen molar-refractivity contribution in [3.05, 3.63) is 78.5 Å². The summed E-state index contributed by atoms with van der Waals surface area (Å²) in [5.41, 5.74) is 2.90. The van der Waals surface area contributed by atoms with E-state index in [9.17, 15) is 14.4 Å². The van der Waals surface area contributed by atoms with Crippen LogP contribution >= 0.6 is 0 Å². The molecule has 2 aliphatic heterocycles. The van der Waals surface area contributed by atoms with Gasteiger partial charge in [0.25, 0.3) is 11.8 Å². The van der Waals surface area contributed by atoms with E-state index in [2.05, 4.69) is 20.3 Å². The van der Waals surface area contributed by atoms with E-state index in [1.807, 2.05) is 67.3 Å². The fraction of sp³-hybridized carbons (Fsp3) is 0.344. The summed E-state index contributed by atoms with van der Waals surface area (Å²) in [6.07, 6.45) is 4.70. The molecule has 42 heavy (non-hydrogen) atoms. The lowest BCUT2D eigenvalue weighted by molar-refractivity contribution is -0.136. The van der Waals surface area contributed by atoms with Crippen molar-refractivity contribution in [2.75, 3.05) is 20.2 Å². The summed E-state index contributed by atoms with van der Waals surface area (Å²) >= 11 is 0. The molecule has 216 valence electrons. The Bertz CT molecular complexity index is 1600. The van der Waals surface area contributed by atoms with Crippen LogP contribution in [-0.4, -0.2) is 80.8 Å². The average molecular weight is 567 g/mol. The molecule has 0 radical (unpaired) electrons. The Labute approximate surface area is 244 Å². The Hall–Kier alpha value is -4.73. The number of amides is 3. The van der Waals surface area contributed by atoms with Crippen molar-refractivity contribution in [1.29, 1.82) is 0 Å². The van der Waals surface area contributed by atoms with Crippen LogP contribution in [0.4, 0.5) is 0 Å². The number of rotatable bonds is 8. The molecular formula is C32H34N6O4. The molecule has 4 atom stereocenters. The minimum atomic E-state index is -0.664. The number of aromatic nitrogens is 3. The molecule has 4 heterocycles. The molecule has 2 aromatic carbocycles. The van der Waals surface area contributed by atoms with Crippen molar-refractivity contribution in [2.45, 2.75) is 44.8 Å². The molecule has 2 bridgehead atoms. The number of para-hydroxylation sites is 2. The van der Waals surface area contributed by atoms with Crippen LogP contribution in [0.15, 0.2) is 67.0 Å². The van der Waals surface area contributed by atoms with Gasteiger partial charge in [0.15, 0.2) is 0 Å². The molecule has 2 saturated heterocycles. The summed E-state index contributed by atoms with van der Waals surface area (Å²) in [5, 5.41) is 3.94. The molecule has 2 aromatic heterocycles. The topological polar surface area (TPSA) is 121 Å². The van der Waals surface area contributed by atoms with Gasteiger partial charge in [-0.3, -0.25) is 14.4 Å². The Balaban J connectivity index is 1.12. The molecular weight excluding hydrogens is 532 g/mol. The van der Waals surface area contributed by atoms with Crippen LogP contribution in [0.1, 0.15) is 47.8 Å². The van der Waals surface area contributed by atoms with Crippen molar-refractivity contribution in [3.8, 4) is 16.9 Å². The second kappa shape index (κ2) is 11.3. The third-order valence-electron chi connectivity index (χ3n) is 8.59. The monoisotopic (exact) mass is 566 g/mol. The zero-order valence-electron chi connectivity index (χ0n) is 23.9. The minimum Gasteiger partial charge on any atom is -0.496 e. The van der Waals surface area contributed by atoms with E-state index in [4.69, 9.17) is 4.74 Å². The van der Waals surface area contributed by atoms with Crippen LogP contribution in [0.3, 0.4) is 0 Å². The predicted molar refractivity (Wildman–Crippen MR) is 158 cm³/mol. The van der Waals surface area contributed by atoms with Gasteiger partial charge in [0.05, 0.1) is 19.2 Å². The normalized spacial score (nSPS) is 19.1. The molecule has 4 aromatic rings. The number of benzene rings is 2. The Morgan fingerprint density at radius 2 is 1.71 bits per heavy atom. The third kappa shape index (κ3) is 4.97. The lowest BCUT2D eigenvalue weighted by atomic mass is 9.97. The van der Waals surface area contributed by atoms with Gasteiger partial charge in [0, 0.05) is 47.5 Å². The van der Waals surface area contributed by atoms with Gasteiger partial charge in [0.2, 0.25) is 11.7 Å². The molecule has 2 aliphatic rings. The van der Waals surface area contributed by atoms with E-state index in [0.29, 0.717) is 31.0 Å². The fourth-order valence-corrected chi connectivity index (χ4v) is 6.05. The van der Waals surface area contributed by atoms with E-state index in [1.165, 1.54) is 0 Å². The van der Waals surface area contributed by atoms with Gasteiger partial charge in [-0.15, -0.1) is 0 Å². The van der Waals surface area contributed by atoms with Crippen LogP contribution in [0.2, 0.25) is 0 Å². The molecule has 6 rings (SSSR count). The van der Waals surface area contributed by atoms with Gasteiger partial charge in [-0.1, -0.05) is 56.7 Å². The maximum atomic E-state index is 13.8. The number of aromatic amines is 1. The van der Waals surface area contributed by atoms with Gasteiger partial charge >= 0.3 is 0 Å². The number of ether oxygens (including phenoxy) is 1. The third-order valence-corrected chi connectivity index (χ3v) is 8.59. The standard InChI is InChI=1S/C32H34N6O4/c1-4-19(2)28(36-30(39)26-13-20-9-5-7-11-25(20)35-26)31(40)37-17-23-14-22(37)18-38(23)32(41)29-33-15-21(16-34-29)24-10-6-8-12-27(24)42-3/h5-13,15-16,19,22-23,28,35H,4,14,17-18H2,1-3H3,(H,36,39)/t19-,22-,23-,28-/m0/s1. The summed E-state index contributed by atoms with van der Waals surface area (Å²) in [4.78, 5) is 55.8. The summed E-state index contributed by atoms with van der Waals surface area (Å²) in [6.45, 7) is 4.82. The largest absolute Gasteiger partial charge is 0.496 e. The lowest BCUT2D eigenvalue weighted by Gasteiger charge is -2.37. The molecule has 10 heteroatoms. The molecule has 0 aliphatic carbocycles. The van der Waals surface area contributed by atoms with Crippen LogP contribution in [0, 0.1) is 5.92 Å². The minimum absolute atomic E-state index is 0.0576. The van der Waals surface area contributed by atoms with Crippen molar-refractivity contribution in [2.24, 2.45) is 5.92 Å². The van der Waals surface area contributed by atoms with Crippen LogP contribution < -0.4 is 10.1 Å². The smallest absolute Gasteiger partial charge is 0.292 e. The van der Waals surface area contributed by atoms with Crippen LogP contribution in [0.25, 0.3) is 22.0 Å². The number of fused-ring (bicyclic) bond motifs is 3. The first-order valence-corrected chi connectivity index (χ1v) is 14.3. The second-order valence-corrected chi connectivity index (χ2v) is 11.1. The van der Waals surface area contributed by atoms with E-state index >= 15 is 0 Å². The highest BCUT2D eigenvalue weighted by atomic mass is 16.5. The lowest BCUT2D eigenvalue weighted by Crippen LogP contribution is -2.57. The van der Waals surface area contributed by atoms with Crippen LogP contribution in [-0.2, 0) is 4.79 Å². The highest BCUT2D eigenvalue weighted by Crippen LogP contribution is 2.33. The maximum Gasteiger partial charge on any atom is 0.292 e. The van der Waals surface area contributed by atoms with E-state index in [1.54, 1.807) is 30.5 Å². The first kappa shape index (κ1) is 27.4. The Morgan fingerprint density at radius 1 is 1.02 bits per heavy atom. The molecule has 0 saturated carbocycles. The molecule has 0 unspecified atom stereocenters. The van der Waals surface area contributed by atoms with Crippen molar-refractivity contribution in [1.82, 2.24) is 30.1 Å². The van der Waals surface area contributed by atoms with Gasteiger partial charge in [0.1, 0.15) is 17.5 Å². The number of hydrogen-bond donors (Lipinski definition) is 2. The van der Waals surface area contributed by atoms with E-state index in [-0.39, 0.29) is 41.5 Å². The van der Waals surface area contributed by atoms with Crippen LogP contribution in [0.5, 0.6) is 5.75 Å². The number of nitrogens with one attached hydrogen (secondary N) is 2. The van der Waals surface area contributed by atoms with Gasteiger partial charge in [-0.05, 0) is 30.5 Å². The SMILES string of the molecule is CC[C@H](C)[C@H](NC(=O)c1cc2ccccc2[nH]1)C(=O)N1C[C@@H]2C[C@H]1CN2C(=O)c1ncc(-c2ccccc2OC)cn1. The van der Waals surface area contributed by atoms with Gasteiger partial charge < -0.3 is 24.8 Å². The number of carbonyl (C=O) groups excluding carboxylic acids is 3. The Morgan fingerprint density at radius 3 is 2.40 bits per heavy atom. The molecule has 3 amide bonds. The van der Waals surface area contributed by atoms with Crippen molar-refractivity contribution < 1.29 is 19.1 Å². The first-order chi connectivity index (χ1) is 20.4. The maximum absolute atomic E-state index is 13.8. The van der Waals surface area contributed by atoms with E-state index < -0.39 is 6.04 Å².